The predicted molar refractivity (Wildman–Crippen MR) is 42.4 cm³/mol. The zero-order valence-corrected chi connectivity index (χ0v) is 7.58. The molecule has 1 unspecified atom stereocenters. The van der Waals surface area contributed by atoms with E-state index in [9.17, 15) is 9.67 Å². The quantitative estimate of drug-likeness (QED) is 0.512. The van der Waals surface area contributed by atoms with E-state index in [0.29, 0.717) is 0 Å². The lowest BCUT2D eigenvalue weighted by molar-refractivity contribution is 0.176. The first kappa shape index (κ1) is 10.8. The Hall–Kier alpha value is -0.150. The van der Waals surface area contributed by atoms with Crippen LogP contribution in [0, 0.1) is 0 Å². The number of rotatable bonds is 5. The molecule has 0 aliphatic heterocycles. The van der Waals surface area contributed by atoms with Crippen LogP contribution in [0.5, 0.6) is 0 Å². The van der Waals surface area contributed by atoms with Gasteiger partial charge in [-0.25, -0.2) is 0 Å². The van der Waals surface area contributed by atoms with E-state index in [2.05, 4.69) is 15.6 Å². The topological polar surface area (TPSA) is 55.8 Å². The summed E-state index contributed by atoms with van der Waals surface area (Å²) in [5.74, 6) is -1.12. The van der Waals surface area contributed by atoms with Crippen LogP contribution >= 0.6 is 7.60 Å². The summed E-state index contributed by atoms with van der Waals surface area (Å²) in [6, 6.07) is 0. The lowest BCUT2D eigenvalue weighted by atomic mass is 10.5. The maximum atomic E-state index is 11.3. The summed E-state index contributed by atoms with van der Waals surface area (Å²) in [6.45, 7) is 3.39. The highest BCUT2D eigenvalue weighted by molar-refractivity contribution is 7.54. The van der Waals surface area contributed by atoms with E-state index < -0.39 is 13.4 Å². The Bertz CT molecular complexity index is 160. The van der Waals surface area contributed by atoms with Crippen LogP contribution in [0.3, 0.4) is 0 Å². The molecule has 0 aromatic heterocycles. The second-order valence-electron chi connectivity index (χ2n) is 1.91. The molecule has 0 spiro atoms. The van der Waals surface area contributed by atoms with Crippen LogP contribution in [0.25, 0.3) is 0 Å². The minimum atomic E-state index is -3.30. The third kappa shape index (κ3) is 2.75. The van der Waals surface area contributed by atoms with Crippen LogP contribution in [0.4, 0.5) is 0 Å². The molecule has 0 rings (SSSR count). The molecule has 1 atom stereocenters. The van der Waals surface area contributed by atoms with Gasteiger partial charge >= 0.3 is 7.60 Å². The van der Waals surface area contributed by atoms with E-state index >= 15 is 0 Å². The Balaban J connectivity index is 4.24. The Morgan fingerprint density at radius 2 is 2.09 bits per heavy atom. The number of aliphatic hydroxyl groups excluding tert-OH is 1. The van der Waals surface area contributed by atoms with E-state index in [1.807, 2.05) is 0 Å². The molecular weight excluding hydrogens is 167 g/mol. The molecule has 0 saturated heterocycles. The normalized spacial score (nSPS) is 14.5. The first-order valence-corrected chi connectivity index (χ1v) is 4.72. The summed E-state index contributed by atoms with van der Waals surface area (Å²) in [6.07, 6.45) is 1.65. The van der Waals surface area contributed by atoms with Crippen molar-refractivity contribution < 1.29 is 18.7 Å². The standard InChI is InChI=1S/C6H13O4P/c1-4-5-6(7)11(8,9-2)10-3/h4,6-7H,1,5H2,2-3H3. The van der Waals surface area contributed by atoms with E-state index in [1.165, 1.54) is 20.3 Å². The van der Waals surface area contributed by atoms with Gasteiger partial charge in [0, 0.05) is 20.6 Å². The summed E-state index contributed by atoms with van der Waals surface area (Å²) in [5, 5.41) is 9.18. The molecule has 0 saturated carbocycles. The van der Waals surface area contributed by atoms with Gasteiger partial charge in [0.25, 0.3) is 0 Å². The fraction of sp³-hybridized carbons (Fsp3) is 0.667. The average Bonchev–Trinajstić information content (AvgIpc) is 2.03. The summed E-state index contributed by atoms with van der Waals surface area (Å²) in [4.78, 5) is 0. The largest absolute Gasteiger partial charge is 0.380 e. The lowest BCUT2D eigenvalue weighted by Gasteiger charge is -2.17. The fourth-order valence-electron chi connectivity index (χ4n) is 0.596. The van der Waals surface area contributed by atoms with E-state index in [-0.39, 0.29) is 6.42 Å². The molecule has 0 aromatic carbocycles. The fourth-order valence-corrected chi connectivity index (χ4v) is 1.64. The molecule has 0 amide bonds. The van der Waals surface area contributed by atoms with Gasteiger partial charge in [-0.3, -0.25) is 4.57 Å². The van der Waals surface area contributed by atoms with Crippen LogP contribution in [-0.2, 0) is 13.6 Å². The third-order valence-corrected chi connectivity index (χ3v) is 3.21. The molecule has 1 N–H and O–H groups in total. The van der Waals surface area contributed by atoms with Crippen molar-refractivity contribution in [2.75, 3.05) is 14.2 Å². The van der Waals surface area contributed by atoms with Crippen LogP contribution in [0.1, 0.15) is 6.42 Å². The van der Waals surface area contributed by atoms with Crippen LogP contribution in [0.15, 0.2) is 12.7 Å². The molecule has 0 bridgehead atoms. The number of hydrogen-bond donors (Lipinski definition) is 1. The Kier molecular flexibility index (Phi) is 4.61. The first-order chi connectivity index (χ1) is 5.10. The second-order valence-corrected chi connectivity index (χ2v) is 4.32. The molecule has 0 radical (unpaired) electrons. The van der Waals surface area contributed by atoms with Gasteiger partial charge in [-0.05, 0) is 0 Å². The van der Waals surface area contributed by atoms with Gasteiger partial charge in [0.05, 0.1) is 0 Å². The average molecular weight is 180 g/mol. The highest BCUT2D eigenvalue weighted by atomic mass is 31.2. The van der Waals surface area contributed by atoms with Gasteiger partial charge in [0.2, 0.25) is 0 Å². The van der Waals surface area contributed by atoms with E-state index in [4.69, 9.17) is 0 Å². The third-order valence-electron chi connectivity index (χ3n) is 1.25. The zero-order chi connectivity index (χ0) is 8.91. The van der Waals surface area contributed by atoms with Gasteiger partial charge in [0.1, 0.15) is 0 Å². The highest BCUT2D eigenvalue weighted by Crippen LogP contribution is 2.51. The minimum absolute atomic E-state index is 0.193. The molecule has 11 heavy (non-hydrogen) atoms. The van der Waals surface area contributed by atoms with Crippen molar-refractivity contribution in [3.05, 3.63) is 12.7 Å². The maximum Gasteiger partial charge on any atom is 0.358 e. The molecule has 66 valence electrons. The minimum Gasteiger partial charge on any atom is -0.380 e. The van der Waals surface area contributed by atoms with Crippen molar-refractivity contribution in [2.24, 2.45) is 0 Å². The smallest absolute Gasteiger partial charge is 0.358 e. The van der Waals surface area contributed by atoms with Crippen molar-refractivity contribution in [3.8, 4) is 0 Å². The Morgan fingerprint density at radius 3 is 2.36 bits per heavy atom. The maximum absolute atomic E-state index is 11.3. The molecule has 0 aromatic rings. The van der Waals surface area contributed by atoms with Crippen molar-refractivity contribution >= 4 is 7.60 Å². The van der Waals surface area contributed by atoms with Gasteiger partial charge in [-0.15, -0.1) is 6.58 Å². The highest BCUT2D eigenvalue weighted by Gasteiger charge is 2.30. The van der Waals surface area contributed by atoms with Gasteiger partial charge in [-0.1, -0.05) is 6.08 Å². The van der Waals surface area contributed by atoms with Crippen molar-refractivity contribution in [3.63, 3.8) is 0 Å². The van der Waals surface area contributed by atoms with Gasteiger partial charge < -0.3 is 14.2 Å². The van der Waals surface area contributed by atoms with Gasteiger partial charge in [-0.2, -0.15) is 0 Å². The molecular formula is C6H13O4P. The molecule has 0 fully saturated rings. The Labute approximate surface area is 66.4 Å². The van der Waals surface area contributed by atoms with Crippen LogP contribution in [0.2, 0.25) is 0 Å². The summed E-state index contributed by atoms with van der Waals surface area (Å²) >= 11 is 0. The summed E-state index contributed by atoms with van der Waals surface area (Å²) in [7, 11) is -0.839. The predicted octanol–water partition coefficient (Wildman–Crippen LogP) is 1.37. The molecule has 0 heterocycles. The van der Waals surface area contributed by atoms with Crippen molar-refractivity contribution in [1.82, 2.24) is 0 Å². The first-order valence-electron chi connectivity index (χ1n) is 3.11. The number of aliphatic hydroxyl groups is 1. The Morgan fingerprint density at radius 1 is 1.64 bits per heavy atom. The second kappa shape index (κ2) is 4.67. The monoisotopic (exact) mass is 180 g/mol. The van der Waals surface area contributed by atoms with Crippen LogP contribution in [-0.4, -0.2) is 25.2 Å². The molecule has 0 aliphatic carbocycles. The number of hydrogen-bond acceptors (Lipinski definition) is 4. The van der Waals surface area contributed by atoms with Crippen molar-refractivity contribution in [1.29, 1.82) is 0 Å². The summed E-state index contributed by atoms with van der Waals surface area (Å²) < 4.78 is 20.4. The van der Waals surface area contributed by atoms with Gasteiger partial charge in [0.15, 0.2) is 5.85 Å². The van der Waals surface area contributed by atoms with Crippen LogP contribution < -0.4 is 0 Å². The molecule has 5 heteroatoms. The van der Waals surface area contributed by atoms with Crippen molar-refractivity contribution in [2.45, 2.75) is 12.3 Å². The SMILES string of the molecule is C=CCC(O)P(=O)(OC)OC. The van der Waals surface area contributed by atoms with E-state index in [1.54, 1.807) is 0 Å². The lowest BCUT2D eigenvalue weighted by Crippen LogP contribution is -2.08. The molecule has 4 nitrogen and oxygen atoms in total. The molecule has 0 aliphatic rings. The summed E-state index contributed by atoms with van der Waals surface area (Å²) in [5.41, 5.74) is 0. The zero-order valence-electron chi connectivity index (χ0n) is 6.69. The van der Waals surface area contributed by atoms with E-state index in [0.717, 1.165) is 0 Å².